The Morgan fingerprint density at radius 3 is 2.18 bits per heavy atom. The molecule has 5 nitrogen and oxygen atoms in total. The molecule has 0 amide bonds. The minimum atomic E-state index is -0.638. The van der Waals surface area contributed by atoms with Crippen molar-refractivity contribution in [2.45, 2.75) is 53.9 Å². The zero-order valence-electron chi connectivity index (χ0n) is 11.5. The van der Waals surface area contributed by atoms with Crippen LogP contribution in [0.5, 0.6) is 0 Å². The lowest BCUT2D eigenvalue weighted by molar-refractivity contribution is -0.161. The monoisotopic (exact) mass is 243 g/mol. The molecule has 0 aromatic carbocycles. The highest BCUT2D eigenvalue weighted by molar-refractivity contribution is 5.79. The molecule has 0 aliphatic carbocycles. The van der Waals surface area contributed by atoms with Gasteiger partial charge in [-0.1, -0.05) is 33.6 Å². The first-order valence-corrected chi connectivity index (χ1v) is 5.95. The SMILES string of the molecule is CCCCC(C)(C)C(C)(C)C(=O)ON=C(N)N. The van der Waals surface area contributed by atoms with Gasteiger partial charge in [-0.05, 0) is 30.8 Å². The third kappa shape index (κ3) is 4.24. The molecular formula is C12H25N3O2. The van der Waals surface area contributed by atoms with E-state index in [1.165, 1.54) is 0 Å². The molecule has 17 heavy (non-hydrogen) atoms. The molecule has 0 aliphatic heterocycles. The van der Waals surface area contributed by atoms with Crippen molar-refractivity contribution in [3.05, 3.63) is 0 Å². The zero-order chi connectivity index (χ0) is 13.7. The molecule has 4 N–H and O–H groups in total. The molecule has 0 saturated carbocycles. The van der Waals surface area contributed by atoms with E-state index in [9.17, 15) is 4.79 Å². The predicted molar refractivity (Wildman–Crippen MR) is 69.0 cm³/mol. The lowest BCUT2D eigenvalue weighted by atomic mass is 9.65. The van der Waals surface area contributed by atoms with Crippen molar-refractivity contribution in [2.24, 2.45) is 27.5 Å². The van der Waals surface area contributed by atoms with Crippen LogP contribution < -0.4 is 11.5 Å². The summed E-state index contributed by atoms with van der Waals surface area (Å²) in [6.07, 6.45) is 3.13. The van der Waals surface area contributed by atoms with Gasteiger partial charge in [0, 0.05) is 0 Å². The standard InChI is InChI=1S/C12H25N3O2/c1-6-7-8-11(2,3)12(4,5)9(16)17-15-10(13)14/h6-8H2,1-5H3,(H4,13,14,15). The van der Waals surface area contributed by atoms with Gasteiger partial charge in [0.2, 0.25) is 5.96 Å². The van der Waals surface area contributed by atoms with Crippen LogP contribution in [0, 0.1) is 10.8 Å². The normalized spacial score (nSPS) is 12.1. The first-order chi connectivity index (χ1) is 7.65. The Labute approximate surface area is 104 Å². The van der Waals surface area contributed by atoms with Crippen molar-refractivity contribution in [2.75, 3.05) is 0 Å². The van der Waals surface area contributed by atoms with Crippen molar-refractivity contribution in [3.63, 3.8) is 0 Å². The number of hydrogen-bond acceptors (Lipinski definition) is 3. The summed E-state index contributed by atoms with van der Waals surface area (Å²) in [4.78, 5) is 16.7. The van der Waals surface area contributed by atoms with Crippen LogP contribution >= 0.6 is 0 Å². The van der Waals surface area contributed by atoms with Crippen LogP contribution in [0.4, 0.5) is 0 Å². The summed E-state index contributed by atoms with van der Waals surface area (Å²) in [6.45, 7) is 9.94. The quantitative estimate of drug-likeness (QED) is 0.323. The van der Waals surface area contributed by atoms with Gasteiger partial charge in [0.1, 0.15) is 0 Å². The molecule has 0 radical (unpaired) electrons. The number of oxime groups is 1. The lowest BCUT2D eigenvalue weighted by Gasteiger charge is -2.38. The third-order valence-corrected chi connectivity index (χ3v) is 3.59. The predicted octanol–water partition coefficient (Wildman–Crippen LogP) is 1.96. The van der Waals surface area contributed by atoms with Gasteiger partial charge >= 0.3 is 5.97 Å². The first kappa shape index (κ1) is 15.7. The topological polar surface area (TPSA) is 90.7 Å². The van der Waals surface area contributed by atoms with E-state index in [1.54, 1.807) is 0 Å². The fourth-order valence-electron chi connectivity index (χ4n) is 1.42. The lowest BCUT2D eigenvalue weighted by Crippen LogP contribution is -2.40. The number of nitrogens with two attached hydrogens (primary N) is 2. The molecule has 0 aromatic heterocycles. The molecule has 0 aliphatic rings. The number of hydrogen-bond donors (Lipinski definition) is 2. The minimum Gasteiger partial charge on any atom is -0.367 e. The molecule has 0 aromatic rings. The van der Waals surface area contributed by atoms with Gasteiger partial charge in [0.05, 0.1) is 5.41 Å². The van der Waals surface area contributed by atoms with Crippen LogP contribution in [0.15, 0.2) is 5.16 Å². The summed E-state index contributed by atoms with van der Waals surface area (Å²) in [5, 5.41) is 3.31. The summed E-state index contributed by atoms with van der Waals surface area (Å²) in [5.41, 5.74) is 9.44. The van der Waals surface area contributed by atoms with Crippen LogP contribution in [0.25, 0.3) is 0 Å². The van der Waals surface area contributed by atoms with Crippen LogP contribution in [-0.4, -0.2) is 11.9 Å². The summed E-state index contributed by atoms with van der Waals surface area (Å²) >= 11 is 0. The molecule has 0 bridgehead atoms. The minimum absolute atomic E-state index is 0.168. The molecule has 0 spiro atoms. The maximum absolute atomic E-state index is 11.9. The Morgan fingerprint density at radius 2 is 1.76 bits per heavy atom. The van der Waals surface area contributed by atoms with E-state index in [0.717, 1.165) is 19.3 Å². The highest BCUT2D eigenvalue weighted by Gasteiger charge is 2.44. The van der Waals surface area contributed by atoms with E-state index in [4.69, 9.17) is 16.3 Å². The number of nitrogens with zero attached hydrogens (tertiary/aromatic N) is 1. The van der Waals surface area contributed by atoms with Gasteiger partial charge in [-0.25, -0.2) is 4.79 Å². The summed E-state index contributed by atoms with van der Waals surface area (Å²) in [5.74, 6) is -0.660. The summed E-state index contributed by atoms with van der Waals surface area (Å²) in [6, 6.07) is 0. The van der Waals surface area contributed by atoms with E-state index in [-0.39, 0.29) is 11.4 Å². The Morgan fingerprint density at radius 1 is 1.24 bits per heavy atom. The number of rotatable bonds is 6. The Balaban J connectivity index is 4.73. The molecule has 0 atom stereocenters. The van der Waals surface area contributed by atoms with E-state index < -0.39 is 11.4 Å². The number of carbonyl (C=O) groups excluding carboxylic acids is 1. The third-order valence-electron chi connectivity index (χ3n) is 3.59. The van der Waals surface area contributed by atoms with Crippen molar-refractivity contribution >= 4 is 11.9 Å². The van der Waals surface area contributed by atoms with Gasteiger partial charge < -0.3 is 16.3 Å². The van der Waals surface area contributed by atoms with Crippen molar-refractivity contribution < 1.29 is 9.63 Å². The second-order valence-corrected chi connectivity index (χ2v) is 5.51. The van der Waals surface area contributed by atoms with Crippen molar-refractivity contribution in [3.8, 4) is 0 Å². The van der Waals surface area contributed by atoms with Gasteiger partial charge in [0.15, 0.2) is 0 Å². The van der Waals surface area contributed by atoms with Crippen LogP contribution in [-0.2, 0) is 9.63 Å². The zero-order valence-corrected chi connectivity index (χ0v) is 11.5. The summed E-state index contributed by atoms with van der Waals surface area (Å²) in [7, 11) is 0. The Hall–Kier alpha value is -1.26. The molecule has 100 valence electrons. The number of unbranched alkanes of at least 4 members (excludes halogenated alkanes) is 1. The highest BCUT2D eigenvalue weighted by atomic mass is 16.7. The van der Waals surface area contributed by atoms with Gasteiger partial charge in [-0.2, -0.15) is 0 Å². The molecular weight excluding hydrogens is 218 g/mol. The van der Waals surface area contributed by atoms with Crippen LogP contribution in [0.1, 0.15) is 53.9 Å². The van der Waals surface area contributed by atoms with Gasteiger partial charge in [-0.15, -0.1) is 0 Å². The Bertz CT molecular complexity index is 292. The maximum atomic E-state index is 11.9. The molecule has 0 saturated heterocycles. The van der Waals surface area contributed by atoms with Crippen molar-refractivity contribution in [1.82, 2.24) is 0 Å². The van der Waals surface area contributed by atoms with E-state index >= 15 is 0 Å². The second-order valence-electron chi connectivity index (χ2n) is 5.51. The number of carbonyl (C=O) groups is 1. The summed E-state index contributed by atoms with van der Waals surface area (Å²) < 4.78 is 0. The van der Waals surface area contributed by atoms with E-state index in [2.05, 4.69) is 25.9 Å². The first-order valence-electron chi connectivity index (χ1n) is 5.95. The molecule has 0 heterocycles. The maximum Gasteiger partial charge on any atom is 0.341 e. The largest absolute Gasteiger partial charge is 0.367 e. The Kier molecular flexibility index (Phi) is 5.45. The number of guanidine groups is 1. The second kappa shape index (κ2) is 5.89. The fraction of sp³-hybridized carbons (Fsp3) is 0.833. The van der Waals surface area contributed by atoms with Gasteiger partial charge in [-0.3, -0.25) is 0 Å². The fourth-order valence-corrected chi connectivity index (χ4v) is 1.42. The average molecular weight is 243 g/mol. The molecule has 0 unspecified atom stereocenters. The van der Waals surface area contributed by atoms with Gasteiger partial charge in [0.25, 0.3) is 0 Å². The molecule has 0 fully saturated rings. The molecule has 5 heteroatoms. The average Bonchev–Trinajstić information content (AvgIpc) is 2.22. The van der Waals surface area contributed by atoms with E-state index in [0.29, 0.717) is 0 Å². The smallest absolute Gasteiger partial charge is 0.341 e. The van der Waals surface area contributed by atoms with Crippen LogP contribution in [0.2, 0.25) is 0 Å². The van der Waals surface area contributed by atoms with Crippen LogP contribution in [0.3, 0.4) is 0 Å². The molecule has 0 rings (SSSR count). The van der Waals surface area contributed by atoms with E-state index in [1.807, 2.05) is 13.8 Å². The van der Waals surface area contributed by atoms with Crippen molar-refractivity contribution in [1.29, 1.82) is 0 Å². The highest BCUT2D eigenvalue weighted by Crippen LogP contribution is 2.43.